The summed E-state index contributed by atoms with van der Waals surface area (Å²) in [7, 11) is -3.29. The minimum absolute atomic E-state index is 0.146. The number of phenolic OH excluding ortho intramolecular Hbond substituents is 1. The van der Waals surface area contributed by atoms with Crippen molar-refractivity contribution in [2.24, 2.45) is 5.10 Å². The summed E-state index contributed by atoms with van der Waals surface area (Å²) in [4.78, 5) is 12.4. The summed E-state index contributed by atoms with van der Waals surface area (Å²) in [6.45, 7) is 1.87. The number of sulfone groups is 1. The molecule has 0 radical (unpaired) electrons. The molecule has 3 rings (SSSR count). The van der Waals surface area contributed by atoms with E-state index < -0.39 is 9.84 Å². The van der Waals surface area contributed by atoms with Crippen molar-refractivity contribution in [3.63, 3.8) is 0 Å². The van der Waals surface area contributed by atoms with E-state index in [1.807, 2.05) is 6.92 Å². The van der Waals surface area contributed by atoms with Gasteiger partial charge in [0.25, 0.3) is 0 Å². The molecule has 0 atom stereocenters. The molecular weight excluding hydrogens is 340 g/mol. The van der Waals surface area contributed by atoms with Crippen LogP contribution in [-0.2, 0) is 14.6 Å². The molecule has 0 saturated carbocycles. The van der Waals surface area contributed by atoms with Gasteiger partial charge in [0.2, 0.25) is 5.91 Å². The van der Waals surface area contributed by atoms with Gasteiger partial charge < -0.3 is 5.11 Å². The molecule has 7 heteroatoms. The quantitative estimate of drug-likeness (QED) is 0.914. The van der Waals surface area contributed by atoms with Crippen LogP contribution in [0.4, 0.5) is 5.69 Å². The number of aryl methyl sites for hydroxylation is 1. The summed E-state index contributed by atoms with van der Waals surface area (Å²) in [5.41, 5.74) is 3.03. The highest BCUT2D eigenvalue weighted by atomic mass is 32.2. The number of amides is 1. The molecule has 0 aliphatic carbocycles. The smallest absolute Gasteiger partial charge is 0.247 e. The van der Waals surface area contributed by atoms with E-state index in [1.54, 1.807) is 30.3 Å². The lowest BCUT2D eigenvalue weighted by Gasteiger charge is -2.24. The highest BCUT2D eigenvalue weighted by Crippen LogP contribution is 2.26. The first kappa shape index (κ1) is 17.2. The molecule has 1 aliphatic heterocycles. The van der Waals surface area contributed by atoms with Crippen LogP contribution >= 0.6 is 0 Å². The van der Waals surface area contributed by atoms with Crippen LogP contribution in [-0.4, -0.2) is 31.4 Å². The van der Waals surface area contributed by atoms with Gasteiger partial charge in [0.1, 0.15) is 5.75 Å². The van der Waals surface area contributed by atoms with Crippen LogP contribution in [0.15, 0.2) is 52.5 Å². The third kappa shape index (κ3) is 3.56. The fourth-order valence-electron chi connectivity index (χ4n) is 2.75. The number of aromatic hydroxyl groups is 1. The zero-order chi connectivity index (χ0) is 18.2. The van der Waals surface area contributed by atoms with Crippen LogP contribution in [0.5, 0.6) is 5.75 Å². The second-order valence-corrected chi connectivity index (χ2v) is 8.03. The molecule has 0 bridgehead atoms. The second-order valence-electron chi connectivity index (χ2n) is 6.02. The highest BCUT2D eigenvalue weighted by Gasteiger charge is 2.24. The first-order chi connectivity index (χ1) is 11.8. The van der Waals surface area contributed by atoms with Crippen molar-refractivity contribution in [2.45, 2.75) is 24.7 Å². The summed E-state index contributed by atoms with van der Waals surface area (Å²) in [5, 5.41) is 15.3. The first-order valence-electron chi connectivity index (χ1n) is 7.76. The number of rotatable bonds is 3. The fourth-order valence-corrected chi connectivity index (χ4v) is 3.38. The Balaban J connectivity index is 1.98. The van der Waals surface area contributed by atoms with Gasteiger partial charge in [0.15, 0.2) is 9.84 Å². The highest BCUT2D eigenvalue weighted by molar-refractivity contribution is 7.90. The van der Waals surface area contributed by atoms with Crippen LogP contribution in [0.2, 0.25) is 0 Å². The summed E-state index contributed by atoms with van der Waals surface area (Å²) in [6, 6.07) is 11.1. The zero-order valence-corrected chi connectivity index (χ0v) is 14.7. The molecule has 0 saturated heterocycles. The predicted octanol–water partition coefficient (Wildman–Crippen LogP) is 2.64. The lowest BCUT2D eigenvalue weighted by molar-refractivity contribution is -0.118. The van der Waals surface area contributed by atoms with E-state index in [1.165, 1.54) is 17.1 Å². The molecule has 2 aromatic rings. The fraction of sp³-hybridized carbons (Fsp3) is 0.222. The Kier molecular flexibility index (Phi) is 4.34. The number of hydrogen-bond acceptors (Lipinski definition) is 5. The number of carbonyl (C=O) groups excluding carboxylic acids is 1. The molecule has 1 N–H and O–H groups in total. The van der Waals surface area contributed by atoms with Crippen LogP contribution in [0, 0.1) is 6.92 Å². The summed E-state index contributed by atoms with van der Waals surface area (Å²) in [6.07, 6.45) is 1.97. The lowest BCUT2D eigenvalue weighted by Crippen LogP contribution is -2.32. The molecule has 0 fully saturated rings. The maximum atomic E-state index is 12.3. The molecule has 6 nitrogen and oxygen atoms in total. The van der Waals surface area contributed by atoms with Crippen LogP contribution in [0.3, 0.4) is 0 Å². The Bertz CT molecular complexity index is 963. The van der Waals surface area contributed by atoms with Crippen molar-refractivity contribution in [2.75, 3.05) is 11.3 Å². The topological polar surface area (TPSA) is 87.0 Å². The number of anilines is 1. The molecule has 25 heavy (non-hydrogen) atoms. The van der Waals surface area contributed by atoms with Gasteiger partial charge >= 0.3 is 0 Å². The van der Waals surface area contributed by atoms with Crippen molar-refractivity contribution in [1.82, 2.24) is 0 Å². The van der Waals surface area contributed by atoms with Gasteiger partial charge in [0.05, 0.1) is 16.3 Å². The molecule has 1 amide bonds. The monoisotopic (exact) mass is 358 g/mol. The lowest BCUT2D eigenvalue weighted by atomic mass is 9.99. The SMILES string of the molecule is Cc1cc(O)ccc1C1=NN(c2ccc(S(C)(=O)=O)cc2)C(=O)CC1. The number of hydrazone groups is 1. The van der Waals surface area contributed by atoms with E-state index in [9.17, 15) is 18.3 Å². The molecular formula is C18H18N2O4S. The largest absolute Gasteiger partial charge is 0.508 e. The maximum Gasteiger partial charge on any atom is 0.247 e. The van der Waals surface area contributed by atoms with Crippen LogP contribution in [0.1, 0.15) is 24.0 Å². The van der Waals surface area contributed by atoms with Crippen molar-refractivity contribution < 1.29 is 18.3 Å². The number of hydrogen-bond donors (Lipinski definition) is 1. The van der Waals surface area contributed by atoms with E-state index in [0.717, 1.165) is 23.1 Å². The third-order valence-corrected chi connectivity index (χ3v) is 5.19. The summed E-state index contributed by atoms with van der Waals surface area (Å²) in [5.74, 6) is 0.0363. The minimum atomic E-state index is -3.29. The molecule has 130 valence electrons. The van der Waals surface area contributed by atoms with Crippen molar-refractivity contribution in [3.05, 3.63) is 53.6 Å². The Morgan fingerprint density at radius 2 is 1.76 bits per heavy atom. The Morgan fingerprint density at radius 3 is 2.36 bits per heavy atom. The average molecular weight is 358 g/mol. The molecule has 0 aromatic heterocycles. The Hall–Kier alpha value is -2.67. The zero-order valence-electron chi connectivity index (χ0n) is 13.9. The van der Waals surface area contributed by atoms with E-state index in [4.69, 9.17) is 0 Å². The second kappa shape index (κ2) is 6.33. The Morgan fingerprint density at radius 1 is 1.08 bits per heavy atom. The molecule has 1 aliphatic rings. The number of nitrogens with zero attached hydrogens (tertiary/aromatic N) is 2. The normalized spacial score (nSPS) is 15.2. The number of carbonyl (C=O) groups is 1. The minimum Gasteiger partial charge on any atom is -0.508 e. The standard InChI is InChI=1S/C18H18N2O4S/c1-12-11-14(21)5-8-16(12)17-9-10-18(22)20(19-17)13-3-6-15(7-4-13)25(2,23)24/h3-8,11,21H,9-10H2,1-2H3. The number of benzene rings is 2. The molecule has 0 spiro atoms. The Labute approximate surface area is 146 Å². The van der Waals surface area contributed by atoms with Gasteiger partial charge in [-0.15, -0.1) is 0 Å². The van der Waals surface area contributed by atoms with Gasteiger partial charge in [-0.2, -0.15) is 5.10 Å². The van der Waals surface area contributed by atoms with Crippen molar-refractivity contribution >= 4 is 27.1 Å². The van der Waals surface area contributed by atoms with Gasteiger partial charge in [0, 0.05) is 24.7 Å². The molecule has 2 aromatic carbocycles. The van der Waals surface area contributed by atoms with Crippen molar-refractivity contribution in [1.29, 1.82) is 0 Å². The van der Waals surface area contributed by atoms with E-state index in [2.05, 4.69) is 5.10 Å². The maximum absolute atomic E-state index is 12.3. The average Bonchev–Trinajstić information content (AvgIpc) is 2.55. The van der Waals surface area contributed by atoms with E-state index >= 15 is 0 Å². The van der Waals surface area contributed by atoms with Gasteiger partial charge in [-0.1, -0.05) is 0 Å². The van der Waals surface area contributed by atoms with E-state index in [-0.39, 0.29) is 16.6 Å². The summed E-state index contributed by atoms with van der Waals surface area (Å²) < 4.78 is 23.1. The molecule has 1 heterocycles. The predicted molar refractivity (Wildman–Crippen MR) is 95.7 cm³/mol. The molecule has 0 unspecified atom stereocenters. The van der Waals surface area contributed by atoms with E-state index in [0.29, 0.717) is 18.5 Å². The third-order valence-electron chi connectivity index (χ3n) is 4.06. The van der Waals surface area contributed by atoms with Gasteiger partial charge in [-0.3, -0.25) is 4.79 Å². The summed E-state index contributed by atoms with van der Waals surface area (Å²) >= 11 is 0. The van der Waals surface area contributed by atoms with Crippen LogP contribution in [0.25, 0.3) is 0 Å². The first-order valence-corrected chi connectivity index (χ1v) is 9.65. The van der Waals surface area contributed by atoms with Crippen LogP contribution < -0.4 is 5.01 Å². The number of phenols is 1. The van der Waals surface area contributed by atoms with Gasteiger partial charge in [-0.05, 0) is 55.0 Å². The van der Waals surface area contributed by atoms with Gasteiger partial charge in [-0.25, -0.2) is 13.4 Å². The van der Waals surface area contributed by atoms with Crippen molar-refractivity contribution in [3.8, 4) is 5.75 Å².